The second-order valence-corrected chi connectivity index (χ2v) is 5.95. The summed E-state index contributed by atoms with van der Waals surface area (Å²) in [5.74, 6) is 0.739. The first-order chi connectivity index (χ1) is 11.0. The SMILES string of the molecule is C[C@@H](CCc1ccco1)NC(=O)CCC(=O)c1ccc(Cl)cc1. The smallest absolute Gasteiger partial charge is 0.220 e. The molecule has 0 saturated carbocycles. The second kappa shape index (κ2) is 8.53. The van der Waals surface area contributed by atoms with Crippen LogP contribution in [-0.4, -0.2) is 17.7 Å². The summed E-state index contributed by atoms with van der Waals surface area (Å²) < 4.78 is 5.26. The van der Waals surface area contributed by atoms with Gasteiger partial charge in [-0.1, -0.05) is 11.6 Å². The van der Waals surface area contributed by atoms with Gasteiger partial charge in [0.2, 0.25) is 5.91 Å². The molecule has 0 radical (unpaired) electrons. The van der Waals surface area contributed by atoms with E-state index in [0.717, 1.165) is 18.6 Å². The Balaban J connectivity index is 1.69. The van der Waals surface area contributed by atoms with E-state index in [0.29, 0.717) is 10.6 Å². The number of aryl methyl sites for hydroxylation is 1. The zero-order valence-corrected chi connectivity index (χ0v) is 13.8. The molecule has 0 unspecified atom stereocenters. The Morgan fingerprint density at radius 2 is 1.91 bits per heavy atom. The third-order valence-corrected chi connectivity index (χ3v) is 3.81. The molecule has 0 spiro atoms. The van der Waals surface area contributed by atoms with Gasteiger partial charge in [-0.3, -0.25) is 9.59 Å². The van der Waals surface area contributed by atoms with Crippen LogP contribution in [0.2, 0.25) is 5.02 Å². The second-order valence-electron chi connectivity index (χ2n) is 5.52. The van der Waals surface area contributed by atoms with Crippen molar-refractivity contribution in [2.24, 2.45) is 0 Å². The van der Waals surface area contributed by atoms with Crippen molar-refractivity contribution in [2.75, 3.05) is 0 Å². The summed E-state index contributed by atoms with van der Waals surface area (Å²) in [6, 6.07) is 10.5. The molecule has 0 aliphatic heterocycles. The molecule has 0 bridgehead atoms. The van der Waals surface area contributed by atoms with E-state index in [2.05, 4.69) is 5.32 Å². The van der Waals surface area contributed by atoms with Crippen LogP contribution in [0.4, 0.5) is 0 Å². The van der Waals surface area contributed by atoms with E-state index in [-0.39, 0.29) is 30.6 Å². The van der Waals surface area contributed by atoms with Gasteiger partial charge in [-0.2, -0.15) is 0 Å². The monoisotopic (exact) mass is 333 g/mol. The van der Waals surface area contributed by atoms with Crippen LogP contribution in [0.1, 0.15) is 42.3 Å². The number of hydrogen-bond donors (Lipinski definition) is 1. The Kier molecular flexibility index (Phi) is 6.41. The molecule has 23 heavy (non-hydrogen) atoms. The van der Waals surface area contributed by atoms with Crippen molar-refractivity contribution >= 4 is 23.3 Å². The summed E-state index contributed by atoms with van der Waals surface area (Å²) >= 11 is 5.79. The van der Waals surface area contributed by atoms with Crippen molar-refractivity contribution in [2.45, 2.75) is 38.6 Å². The molecule has 0 fully saturated rings. The Hall–Kier alpha value is -2.07. The third-order valence-electron chi connectivity index (χ3n) is 3.56. The fourth-order valence-electron chi connectivity index (χ4n) is 2.24. The van der Waals surface area contributed by atoms with E-state index in [1.165, 1.54) is 0 Å². The first-order valence-electron chi connectivity index (χ1n) is 7.65. The Morgan fingerprint density at radius 3 is 2.57 bits per heavy atom. The molecule has 2 aromatic rings. The number of halogens is 1. The van der Waals surface area contributed by atoms with Crippen molar-refractivity contribution in [3.05, 3.63) is 59.0 Å². The molecule has 1 amide bonds. The lowest BCUT2D eigenvalue weighted by Gasteiger charge is -2.13. The Bertz CT molecular complexity index is 635. The van der Waals surface area contributed by atoms with E-state index < -0.39 is 0 Å². The summed E-state index contributed by atoms with van der Waals surface area (Å²) in [5, 5.41) is 3.49. The number of Topliss-reactive ketones (excluding diaryl/α,β-unsaturated/α-hetero) is 1. The predicted molar refractivity (Wildman–Crippen MR) is 89.7 cm³/mol. The number of amides is 1. The molecule has 1 heterocycles. The van der Waals surface area contributed by atoms with Gasteiger partial charge in [-0.15, -0.1) is 0 Å². The summed E-state index contributed by atoms with van der Waals surface area (Å²) in [6.45, 7) is 1.95. The van der Waals surface area contributed by atoms with Gasteiger partial charge < -0.3 is 9.73 Å². The van der Waals surface area contributed by atoms with E-state index in [9.17, 15) is 9.59 Å². The van der Waals surface area contributed by atoms with E-state index in [1.54, 1.807) is 30.5 Å². The summed E-state index contributed by atoms with van der Waals surface area (Å²) in [7, 11) is 0. The van der Waals surface area contributed by atoms with Crippen LogP contribution in [-0.2, 0) is 11.2 Å². The minimum atomic E-state index is -0.112. The molecule has 0 saturated heterocycles. The number of carbonyl (C=O) groups is 2. The highest BCUT2D eigenvalue weighted by Gasteiger charge is 2.12. The molecule has 0 aliphatic carbocycles. The molecular weight excluding hydrogens is 314 g/mol. The number of hydrogen-bond acceptors (Lipinski definition) is 3. The fourth-order valence-corrected chi connectivity index (χ4v) is 2.37. The van der Waals surface area contributed by atoms with Crippen LogP contribution >= 0.6 is 11.6 Å². The molecular formula is C18H20ClNO3. The van der Waals surface area contributed by atoms with E-state index in [1.807, 2.05) is 19.1 Å². The van der Waals surface area contributed by atoms with Crippen molar-refractivity contribution in [3.8, 4) is 0 Å². The average molecular weight is 334 g/mol. The standard InChI is InChI=1S/C18H20ClNO3/c1-13(4-9-16-3-2-12-23-16)20-18(22)11-10-17(21)14-5-7-15(19)8-6-14/h2-3,5-8,12-13H,4,9-11H2,1H3,(H,20,22)/t13-/m0/s1. The van der Waals surface area contributed by atoms with Crippen LogP contribution in [0, 0.1) is 0 Å². The van der Waals surface area contributed by atoms with Gasteiger partial charge >= 0.3 is 0 Å². The molecule has 1 N–H and O–H groups in total. The van der Waals surface area contributed by atoms with Gasteiger partial charge in [0.25, 0.3) is 0 Å². The third kappa shape index (κ3) is 5.91. The highest BCUT2D eigenvalue weighted by Crippen LogP contribution is 2.12. The zero-order valence-electron chi connectivity index (χ0n) is 13.0. The van der Waals surface area contributed by atoms with Gasteiger partial charge in [0, 0.05) is 35.9 Å². The van der Waals surface area contributed by atoms with Gasteiger partial charge in [-0.25, -0.2) is 0 Å². The summed E-state index contributed by atoms with van der Waals surface area (Å²) in [5.41, 5.74) is 0.577. The predicted octanol–water partition coefficient (Wildman–Crippen LogP) is 4.03. The average Bonchev–Trinajstić information content (AvgIpc) is 3.05. The highest BCUT2D eigenvalue weighted by molar-refractivity contribution is 6.30. The molecule has 4 nitrogen and oxygen atoms in total. The van der Waals surface area contributed by atoms with Crippen LogP contribution in [0.15, 0.2) is 47.1 Å². The normalized spacial score (nSPS) is 11.9. The van der Waals surface area contributed by atoms with Gasteiger partial charge in [0.05, 0.1) is 6.26 Å². The minimum absolute atomic E-state index is 0.0400. The lowest BCUT2D eigenvalue weighted by atomic mass is 10.1. The number of carbonyl (C=O) groups excluding carboxylic acids is 2. The van der Waals surface area contributed by atoms with Gasteiger partial charge in [0.15, 0.2) is 5.78 Å². The van der Waals surface area contributed by atoms with Crippen molar-refractivity contribution in [1.82, 2.24) is 5.32 Å². The maximum absolute atomic E-state index is 12.0. The number of furan rings is 1. The molecule has 2 rings (SSSR count). The lowest BCUT2D eigenvalue weighted by Crippen LogP contribution is -2.33. The molecule has 1 atom stereocenters. The first-order valence-corrected chi connectivity index (χ1v) is 8.03. The minimum Gasteiger partial charge on any atom is -0.469 e. The maximum atomic E-state index is 12.0. The molecule has 122 valence electrons. The number of nitrogens with one attached hydrogen (secondary N) is 1. The Labute approximate surface area is 140 Å². The lowest BCUT2D eigenvalue weighted by molar-refractivity contribution is -0.121. The fraction of sp³-hybridized carbons (Fsp3) is 0.333. The van der Waals surface area contributed by atoms with Crippen molar-refractivity contribution in [1.29, 1.82) is 0 Å². The van der Waals surface area contributed by atoms with Crippen LogP contribution in [0.25, 0.3) is 0 Å². The van der Waals surface area contributed by atoms with Crippen LogP contribution < -0.4 is 5.32 Å². The van der Waals surface area contributed by atoms with E-state index in [4.69, 9.17) is 16.0 Å². The first kappa shape index (κ1) is 17.3. The quantitative estimate of drug-likeness (QED) is 0.742. The molecule has 1 aromatic carbocycles. The molecule has 1 aromatic heterocycles. The van der Waals surface area contributed by atoms with Gasteiger partial charge in [0.1, 0.15) is 5.76 Å². The molecule has 5 heteroatoms. The van der Waals surface area contributed by atoms with Crippen LogP contribution in [0.3, 0.4) is 0 Å². The van der Waals surface area contributed by atoms with Crippen molar-refractivity contribution in [3.63, 3.8) is 0 Å². The number of ketones is 1. The summed E-state index contributed by atoms with van der Waals surface area (Å²) in [4.78, 5) is 23.9. The number of rotatable bonds is 8. The number of benzene rings is 1. The molecule has 0 aliphatic rings. The maximum Gasteiger partial charge on any atom is 0.220 e. The summed E-state index contributed by atoms with van der Waals surface area (Å²) in [6.07, 6.45) is 3.59. The largest absolute Gasteiger partial charge is 0.469 e. The highest BCUT2D eigenvalue weighted by atomic mass is 35.5. The zero-order chi connectivity index (χ0) is 16.7. The van der Waals surface area contributed by atoms with E-state index >= 15 is 0 Å². The van der Waals surface area contributed by atoms with Crippen molar-refractivity contribution < 1.29 is 14.0 Å². The topological polar surface area (TPSA) is 59.3 Å². The Morgan fingerprint density at radius 1 is 1.17 bits per heavy atom. The van der Waals surface area contributed by atoms with Crippen LogP contribution in [0.5, 0.6) is 0 Å². The van der Waals surface area contributed by atoms with Gasteiger partial charge in [-0.05, 0) is 49.7 Å².